The molecule has 112 valence electrons. The lowest BCUT2D eigenvalue weighted by atomic mass is 9.74. The van der Waals surface area contributed by atoms with Crippen LogP contribution in [0.3, 0.4) is 0 Å². The Kier molecular flexibility index (Phi) is 4.17. The van der Waals surface area contributed by atoms with Crippen LogP contribution < -0.4 is 10.5 Å². The van der Waals surface area contributed by atoms with Crippen LogP contribution in [-0.2, 0) is 14.8 Å². The smallest absolute Gasteiger partial charge is 0.311 e. The second-order valence-corrected chi connectivity index (χ2v) is 7.31. The van der Waals surface area contributed by atoms with Crippen LogP contribution in [0, 0.1) is 5.41 Å². The normalized spacial score (nSPS) is 13.1. The fourth-order valence-corrected chi connectivity index (χ4v) is 2.03. The van der Waals surface area contributed by atoms with E-state index in [9.17, 15) is 18.3 Å². The number of carboxylic acids is 1. The SMILES string of the molecule is CC(C)(Nc1ccc(S(N)(=O)=O)cc1)C(C)(C)C(=O)O. The number of carboxylic acid groups (broad SMARTS) is 1. The standard InChI is InChI=1S/C13H20N2O4S/c1-12(2,11(16)17)13(3,4)15-9-5-7-10(8-6-9)20(14,18)19/h5-8,15H,1-4H3,(H,16,17)(H2,14,18,19). The summed E-state index contributed by atoms with van der Waals surface area (Å²) in [5.41, 5.74) is -1.12. The van der Waals surface area contributed by atoms with E-state index in [0.29, 0.717) is 5.69 Å². The molecule has 7 heteroatoms. The highest BCUT2D eigenvalue weighted by Gasteiger charge is 2.43. The van der Waals surface area contributed by atoms with Crippen molar-refractivity contribution in [2.45, 2.75) is 38.1 Å². The molecular weight excluding hydrogens is 280 g/mol. The van der Waals surface area contributed by atoms with E-state index in [2.05, 4.69) is 5.32 Å². The minimum absolute atomic E-state index is 0.0124. The predicted molar refractivity (Wildman–Crippen MR) is 76.9 cm³/mol. The van der Waals surface area contributed by atoms with Crippen LogP contribution in [-0.4, -0.2) is 25.0 Å². The second kappa shape index (κ2) is 5.06. The van der Waals surface area contributed by atoms with Crippen LogP contribution in [0.15, 0.2) is 29.2 Å². The molecule has 20 heavy (non-hydrogen) atoms. The van der Waals surface area contributed by atoms with Crippen molar-refractivity contribution < 1.29 is 18.3 Å². The topological polar surface area (TPSA) is 109 Å². The Hall–Kier alpha value is -1.60. The molecule has 0 fully saturated rings. The number of hydrogen-bond donors (Lipinski definition) is 3. The van der Waals surface area contributed by atoms with Crippen molar-refractivity contribution in [2.24, 2.45) is 10.6 Å². The molecule has 0 aromatic heterocycles. The maximum Gasteiger partial charge on any atom is 0.311 e. The van der Waals surface area contributed by atoms with Gasteiger partial charge in [0.1, 0.15) is 0 Å². The Morgan fingerprint density at radius 3 is 1.95 bits per heavy atom. The lowest BCUT2D eigenvalue weighted by Gasteiger charge is -2.39. The van der Waals surface area contributed by atoms with E-state index in [1.165, 1.54) is 12.1 Å². The predicted octanol–water partition coefficient (Wildman–Crippen LogP) is 1.64. The number of benzene rings is 1. The van der Waals surface area contributed by atoms with Crippen molar-refractivity contribution in [1.82, 2.24) is 0 Å². The highest BCUT2D eigenvalue weighted by Crippen LogP contribution is 2.34. The third-order valence-electron chi connectivity index (χ3n) is 3.74. The Balaban J connectivity index is 3.02. The molecule has 6 nitrogen and oxygen atoms in total. The first-order chi connectivity index (χ1) is 8.88. The van der Waals surface area contributed by atoms with Gasteiger partial charge in [-0.25, -0.2) is 13.6 Å². The van der Waals surface area contributed by atoms with Gasteiger partial charge in [-0.15, -0.1) is 0 Å². The van der Waals surface area contributed by atoms with E-state index in [0.717, 1.165) is 0 Å². The Morgan fingerprint density at radius 2 is 1.60 bits per heavy atom. The van der Waals surface area contributed by atoms with Crippen molar-refractivity contribution in [3.63, 3.8) is 0 Å². The molecular formula is C13H20N2O4S. The van der Waals surface area contributed by atoms with Gasteiger partial charge < -0.3 is 10.4 Å². The van der Waals surface area contributed by atoms with Crippen LogP contribution >= 0.6 is 0 Å². The zero-order valence-corrected chi connectivity index (χ0v) is 12.8. The van der Waals surface area contributed by atoms with E-state index >= 15 is 0 Å². The van der Waals surface area contributed by atoms with Gasteiger partial charge in [0.15, 0.2) is 0 Å². The first kappa shape index (κ1) is 16.5. The number of primary sulfonamides is 1. The van der Waals surface area contributed by atoms with Crippen LogP contribution in [0.5, 0.6) is 0 Å². The van der Waals surface area contributed by atoms with Crippen LogP contribution in [0.2, 0.25) is 0 Å². The van der Waals surface area contributed by atoms with Crippen LogP contribution in [0.1, 0.15) is 27.7 Å². The second-order valence-electron chi connectivity index (χ2n) is 5.75. The highest BCUT2D eigenvalue weighted by atomic mass is 32.2. The van der Waals surface area contributed by atoms with Crippen molar-refractivity contribution in [3.05, 3.63) is 24.3 Å². The summed E-state index contributed by atoms with van der Waals surface area (Å²) < 4.78 is 22.3. The fraction of sp³-hybridized carbons (Fsp3) is 0.462. The maximum absolute atomic E-state index is 11.3. The molecule has 0 amide bonds. The zero-order valence-electron chi connectivity index (χ0n) is 12.0. The molecule has 1 aromatic carbocycles. The Bertz CT molecular complexity index is 604. The van der Waals surface area contributed by atoms with Gasteiger partial charge in [0.05, 0.1) is 10.3 Å². The molecule has 0 aliphatic rings. The summed E-state index contributed by atoms with van der Waals surface area (Å²) in [7, 11) is -3.73. The number of rotatable bonds is 5. The molecule has 0 heterocycles. The monoisotopic (exact) mass is 300 g/mol. The van der Waals surface area contributed by atoms with E-state index in [-0.39, 0.29) is 4.90 Å². The number of sulfonamides is 1. The molecule has 0 unspecified atom stereocenters. The molecule has 0 radical (unpaired) electrons. The number of hydrogen-bond acceptors (Lipinski definition) is 4. The quantitative estimate of drug-likeness (QED) is 0.765. The van der Waals surface area contributed by atoms with Crippen molar-refractivity contribution >= 4 is 21.7 Å². The number of nitrogens with one attached hydrogen (secondary N) is 1. The number of carbonyl (C=O) groups is 1. The summed E-state index contributed by atoms with van der Waals surface area (Å²) in [5, 5.41) is 17.4. The van der Waals surface area contributed by atoms with Gasteiger partial charge in [-0.1, -0.05) is 0 Å². The first-order valence-electron chi connectivity index (χ1n) is 6.02. The van der Waals surface area contributed by atoms with Crippen molar-refractivity contribution in [1.29, 1.82) is 0 Å². The number of nitrogens with two attached hydrogens (primary N) is 1. The average molecular weight is 300 g/mol. The Labute approximate surface area is 119 Å². The summed E-state index contributed by atoms with van der Waals surface area (Å²) in [6, 6.07) is 5.86. The summed E-state index contributed by atoms with van der Waals surface area (Å²) in [6.45, 7) is 6.80. The molecule has 0 bridgehead atoms. The molecule has 0 aliphatic heterocycles. The van der Waals surface area contributed by atoms with Crippen molar-refractivity contribution in [3.8, 4) is 0 Å². The fourth-order valence-electron chi connectivity index (χ4n) is 1.51. The zero-order chi connectivity index (χ0) is 15.8. The molecule has 0 spiro atoms. The maximum atomic E-state index is 11.3. The molecule has 0 atom stereocenters. The van der Waals surface area contributed by atoms with E-state index in [1.54, 1.807) is 39.8 Å². The average Bonchev–Trinajstić information content (AvgIpc) is 2.27. The van der Waals surface area contributed by atoms with Gasteiger partial charge in [-0.2, -0.15) is 0 Å². The third-order valence-corrected chi connectivity index (χ3v) is 4.67. The van der Waals surface area contributed by atoms with Gasteiger partial charge in [-0.3, -0.25) is 4.79 Å². The molecule has 1 aromatic rings. The summed E-state index contributed by atoms with van der Waals surface area (Å²) in [4.78, 5) is 11.3. The van der Waals surface area contributed by atoms with Crippen molar-refractivity contribution in [2.75, 3.05) is 5.32 Å². The van der Waals surface area contributed by atoms with Gasteiger partial charge in [0.2, 0.25) is 10.0 Å². The summed E-state index contributed by atoms with van der Waals surface area (Å²) in [5.74, 6) is -0.920. The Morgan fingerprint density at radius 1 is 1.15 bits per heavy atom. The number of anilines is 1. The molecule has 0 saturated carbocycles. The third kappa shape index (κ3) is 3.29. The summed E-state index contributed by atoms with van der Waals surface area (Å²) in [6.07, 6.45) is 0. The summed E-state index contributed by atoms with van der Waals surface area (Å²) >= 11 is 0. The molecule has 4 N–H and O–H groups in total. The lowest BCUT2D eigenvalue weighted by molar-refractivity contribution is -0.149. The first-order valence-corrected chi connectivity index (χ1v) is 7.57. The molecule has 0 saturated heterocycles. The lowest BCUT2D eigenvalue weighted by Crippen LogP contribution is -2.50. The van der Waals surface area contributed by atoms with Gasteiger partial charge in [-0.05, 0) is 52.0 Å². The minimum atomic E-state index is -3.73. The minimum Gasteiger partial charge on any atom is -0.481 e. The van der Waals surface area contributed by atoms with Crippen LogP contribution in [0.4, 0.5) is 5.69 Å². The van der Waals surface area contributed by atoms with E-state index < -0.39 is 26.9 Å². The van der Waals surface area contributed by atoms with Gasteiger partial charge in [0, 0.05) is 11.2 Å². The largest absolute Gasteiger partial charge is 0.481 e. The highest BCUT2D eigenvalue weighted by molar-refractivity contribution is 7.89. The van der Waals surface area contributed by atoms with Gasteiger partial charge in [0.25, 0.3) is 0 Å². The van der Waals surface area contributed by atoms with Gasteiger partial charge >= 0.3 is 5.97 Å². The van der Waals surface area contributed by atoms with E-state index in [4.69, 9.17) is 5.14 Å². The molecule has 1 rings (SSSR count). The molecule has 0 aliphatic carbocycles. The van der Waals surface area contributed by atoms with E-state index in [1.807, 2.05) is 0 Å². The number of aliphatic carboxylic acids is 1. The van der Waals surface area contributed by atoms with Crippen LogP contribution in [0.25, 0.3) is 0 Å².